The Morgan fingerprint density at radius 3 is 2.46 bits per heavy atom. The summed E-state index contributed by atoms with van der Waals surface area (Å²) in [7, 11) is 0. The third kappa shape index (κ3) is 4.58. The van der Waals surface area contributed by atoms with E-state index in [9.17, 15) is 5.26 Å². The number of nitriles is 1. The van der Waals surface area contributed by atoms with Crippen LogP contribution >= 0.6 is 23.2 Å². The molecule has 0 aliphatic heterocycles. The second-order valence-corrected chi connectivity index (χ2v) is 8.35. The molecule has 28 heavy (non-hydrogen) atoms. The van der Waals surface area contributed by atoms with Crippen LogP contribution in [0.15, 0.2) is 61.2 Å². The summed E-state index contributed by atoms with van der Waals surface area (Å²) in [6.45, 7) is 10.1. The Morgan fingerprint density at radius 2 is 1.86 bits per heavy atom. The highest BCUT2D eigenvalue weighted by molar-refractivity contribution is 6.31. The molecule has 0 spiro atoms. The Kier molecular flexibility index (Phi) is 6.14. The Labute approximate surface area is 177 Å². The highest BCUT2D eigenvalue weighted by Crippen LogP contribution is 2.49. The van der Waals surface area contributed by atoms with E-state index in [1.165, 1.54) is 5.56 Å². The number of aryl methyl sites for hydroxylation is 2. The van der Waals surface area contributed by atoms with Gasteiger partial charge >= 0.3 is 0 Å². The smallest absolute Gasteiger partial charge is 0.0689 e. The minimum absolute atomic E-state index is 0.124. The van der Waals surface area contributed by atoms with Gasteiger partial charge in [-0.05, 0) is 96.3 Å². The SMILES string of the molecule is C=CC(=C)/C(=C/c1cc(Cl)ccc1CCC1(C#N)CC1)c1ccc(Cl)cc1C. The lowest BCUT2D eigenvalue weighted by atomic mass is 9.90. The van der Waals surface area contributed by atoms with E-state index < -0.39 is 0 Å². The largest absolute Gasteiger partial charge is 0.198 e. The monoisotopic (exact) mass is 407 g/mol. The van der Waals surface area contributed by atoms with E-state index in [4.69, 9.17) is 23.2 Å². The van der Waals surface area contributed by atoms with E-state index in [0.717, 1.165) is 53.5 Å². The predicted molar refractivity (Wildman–Crippen MR) is 120 cm³/mol. The molecule has 0 atom stereocenters. The predicted octanol–water partition coefficient (Wildman–Crippen LogP) is 7.82. The second-order valence-electron chi connectivity index (χ2n) is 7.48. The van der Waals surface area contributed by atoms with Gasteiger partial charge in [-0.1, -0.05) is 54.6 Å². The molecule has 0 bridgehead atoms. The van der Waals surface area contributed by atoms with Crippen molar-refractivity contribution in [2.24, 2.45) is 5.41 Å². The first-order chi connectivity index (χ1) is 13.4. The number of nitrogens with zero attached hydrogens (tertiary/aromatic N) is 1. The van der Waals surface area contributed by atoms with Gasteiger partial charge in [0.1, 0.15) is 0 Å². The average Bonchev–Trinajstić information content (AvgIpc) is 3.46. The van der Waals surface area contributed by atoms with Gasteiger partial charge in [-0.15, -0.1) is 0 Å². The summed E-state index contributed by atoms with van der Waals surface area (Å²) >= 11 is 12.4. The minimum atomic E-state index is -0.124. The molecule has 0 heterocycles. The summed E-state index contributed by atoms with van der Waals surface area (Å²) in [6, 6.07) is 14.3. The maximum atomic E-state index is 9.38. The van der Waals surface area contributed by atoms with Crippen LogP contribution in [-0.4, -0.2) is 0 Å². The first-order valence-electron chi connectivity index (χ1n) is 9.37. The van der Waals surface area contributed by atoms with Crippen molar-refractivity contribution < 1.29 is 0 Å². The summed E-state index contributed by atoms with van der Waals surface area (Å²) in [4.78, 5) is 0. The molecule has 2 aromatic rings. The molecule has 1 aliphatic carbocycles. The van der Waals surface area contributed by atoms with Gasteiger partial charge in [0, 0.05) is 10.0 Å². The zero-order valence-corrected chi connectivity index (χ0v) is 17.6. The topological polar surface area (TPSA) is 23.8 Å². The van der Waals surface area contributed by atoms with Crippen LogP contribution in [-0.2, 0) is 6.42 Å². The summed E-state index contributed by atoms with van der Waals surface area (Å²) in [5, 5.41) is 10.8. The van der Waals surface area contributed by atoms with Gasteiger partial charge in [0.05, 0.1) is 11.5 Å². The maximum absolute atomic E-state index is 9.38. The Hall–Kier alpha value is -2.27. The van der Waals surface area contributed by atoms with Gasteiger partial charge in [0.25, 0.3) is 0 Å². The van der Waals surface area contributed by atoms with Crippen molar-refractivity contribution >= 4 is 34.9 Å². The van der Waals surface area contributed by atoms with Gasteiger partial charge in [-0.2, -0.15) is 5.26 Å². The van der Waals surface area contributed by atoms with Crippen molar-refractivity contribution in [1.82, 2.24) is 0 Å². The second kappa shape index (κ2) is 8.39. The fraction of sp³-hybridized carbons (Fsp3) is 0.240. The van der Waals surface area contributed by atoms with Crippen molar-refractivity contribution in [2.45, 2.75) is 32.6 Å². The van der Waals surface area contributed by atoms with Crippen LogP contribution < -0.4 is 0 Å². The molecule has 1 fully saturated rings. The molecule has 0 aromatic heterocycles. The van der Waals surface area contributed by atoms with Gasteiger partial charge < -0.3 is 0 Å². The van der Waals surface area contributed by atoms with E-state index >= 15 is 0 Å². The first-order valence-corrected chi connectivity index (χ1v) is 10.1. The van der Waals surface area contributed by atoms with Crippen LogP contribution in [0.1, 0.15) is 41.5 Å². The van der Waals surface area contributed by atoms with Gasteiger partial charge in [-0.25, -0.2) is 0 Å². The number of allylic oxidation sites excluding steroid dienone is 3. The van der Waals surface area contributed by atoms with Crippen LogP contribution in [0.5, 0.6) is 0 Å². The minimum Gasteiger partial charge on any atom is -0.198 e. The molecule has 1 saturated carbocycles. The van der Waals surface area contributed by atoms with E-state index in [-0.39, 0.29) is 5.41 Å². The molecule has 3 heteroatoms. The van der Waals surface area contributed by atoms with Gasteiger partial charge in [0.2, 0.25) is 0 Å². The Morgan fingerprint density at radius 1 is 1.18 bits per heavy atom. The normalized spacial score (nSPS) is 15.0. The van der Waals surface area contributed by atoms with Crippen molar-refractivity contribution in [1.29, 1.82) is 5.26 Å². The quantitative estimate of drug-likeness (QED) is 0.338. The Bertz CT molecular complexity index is 1000. The average molecular weight is 408 g/mol. The van der Waals surface area contributed by atoms with E-state index in [1.807, 2.05) is 37.3 Å². The lowest BCUT2D eigenvalue weighted by Crippen LogP contribution is -2.00. The fourth-order valence-corrected chi connectivity index (χ4v) is 3.82. The molecule has 0 amide bonds. The zero-order chi connectivity index (χ0) is 20.3. The molecule has 1 aliphatic rings. The van der Waals surface area contributed by atoms with Crippen LogP contribution in [0.2, 0.25) is 10.0 Å². The Balaban J connectivity index is 2.04. The maximum Gasteiger partial charge on any atom is 0.0689 e. The van der Waals surface area contributed by atoms with Gasteiger partial charge in [0.15, 0.2) is 0 Å². The fourth-order valence-electron chi connectivity index (χ4n) is 3.41. The summed E-state index contributed by atoms with van der Waals surface area (Å²) in [5.41, 5.74) is 6.09. The van der Waals surface area contributed by atoms with Gasteiger partial charge in [-0.3, -0.25) is 0 Å². The van der Waals surface area contributed by atoms with Crippen molar-refractivity contribution in [3.63, 3.8) is 0 Å². The summed E-state index contributed by atoms with van der Waals surface area (Å²) in [5.74, 6) is 0. The molecule has 2 aromatic carbocycles. The number of halogens is 2. The molecular formula is C25H23Cl2N. The molecule has 3 rings (SSSR count). The molecule has 142 valence electrons. The van der Waals surface area contributed by atoms with Crippen molar-refractivity contribution in [2.75, 3.05) is 0 Å². The molecule has 0 radical (unpaired) electrons. The van der Waals surface area contributed by atoms with Crippen molar-refractivity contribution in [3.05, 3.63) is 93.5 Å². The summed E-state index contributed by atoms with van der Waals surface area (Å²) in [6.07, 6.45) is 7.62. The van der Waals surface area contributed by atoms with Crippen LogP contribution in [0.25, 0.3) is 11.6 Å². The third-order valence-corrected chi connectivity index (χ3v) is 5.91. The lowest BCUT2D eigenvalue weighted by molar-refractivity contribution is 0.597. The highest BCUT2D eigenvalue weighted by atomic mass is 35.5. The lowest BCUT2D eigenvalue weighted by Gasteiger charge is -2.15. The third-order valence-electron chi connectivity index (χ3n) is 5.44. The van der Waals surface area contributed by atoms with E-state index in [1.54, 1.807) is 6.08 Å². The van der Waals surface area contributed by atoms with Crippen LogP contribution in [0.3, 0.4) is 0 Å². The number of rotatable bonds is 7. The zero-order valence-electron chi connectivity index (χ0n) is 16.1. The molecule has 0 N–H and O–H groups in total. The van der Waals surface area contributed by atoms with Crippen LogP contribution in [0, 0.1) is 23.7 Å². The number of hydrogen-bond acceptors (Lipinski definition) is 1. The molecule has 0 saturated heterocycles. The number of hydrogen-bond donors (Lipinski definition) is 0. The van der Waals surface area contributed by atoms with E-state index in [0.29, 0.717) is 10.0 Å². The highest BCUT2D eigenvalue weighted by Gasteiger charge is 2.42. The molecular weight excluding hydrogens is 385 g/mol. The van der Waals surface area contributed by atoms with Crippen molar-refractivity contribution in [3.8, 4) is 6.07 Å². The molecule has 1 nitrogen and oxygen atoms in total. The number of benzene rings is 2. The first kappa shape index (κ1) is 20.5. The summed E-state index contributed by atoms with van der Waals surface area (Å²) < 4.78 is 0. The van der Waals surface area contributed by atoms with Crippen LogP contribution in [0.4, 0.5) is 0 Å². The molecule has 0 unspecified atom stereocenters. The van der Waals surface area contributed by atoms with E-state index in [2.05, 4.69) is 31.4 Å². The standard InChI is InChI=1S/C25H23Cl2N/c1-4-17(2)24(23-8-7-21(26)13-18(23)3)15-20-14-22(27)6-5-19(20)9-10-25(16-28)11-12-25/h4-8,13-15H,1-2,9-12H2,3H3/b24-15-.